The van der Waals surface area contributed by atoms with Gasteiger partial charge in [0.05, 0.1) is 24.2 Å². The molecule has 1 heterocycles. The molecule has 0 atom stereocenters. The Hall–Kier alpha value is -1.88. The first kappa shape index (κ1) is 14.1. The lowest BCUT2D eigenvalue weighted by Crippen LogP contribution is -2.26. The first-order chi connectivity index (χ1) is 10.3. The molecule has 0 spiro atoms. The van der Waals surface area contributed by atoms with Crippen molar-refractivity contribution in [2.75, 3.05) is 13.2 Å². The minimum atomic E-state index is 0.151. The molecule has 1 aliphatic carbocycles. The molecule has 1 N–H and O–H groups in total. The van der Waals surface area contributed by atoms with Crippen molar-refractivity contribution in [1.29, 1.82) is 0 Å². The van der Waals surface area contributed by atoms with Crippen molar-refractivity contribution in [3.8, 4) is 0 Å². The Bertz CT molecular complexity index is 631. The molecule has 0 radical (unpaired) electrons. The summed E-state index contributed by atoms with van der Waals surface area (Å²) in [5, 5.41) is 2.99. The maximum absolute atomic E-state index is 11.8. The van der Waals surface area contributed by atoms with Gasteiger partial charge in [0.1, 0.15) is 5.82 Å². The molecule has 1 aromatic carbocycles. The molecular formula is C16H21N3O2. The van der Waals surface area contributed by atoms with Gasteiger partial charge in [-0.1, -0.05) is 12.1 Å². The lowest BCUT2D eigenvalue weighted by molar-refractivity contribution is -0.122. The van der Waals surface area contributed by atoms with E-state index in [-0.39, 0.29) is 11.8 Å². The van der Waals surface area contributed by atoms with Gasteiger partial charge in [0.25, 0.3) is 0 Å². The van der Waals surface area contributed by atoms with Crippen LogP contribution >= 0.6 is 0 Å². The van der Waals surface area contributed by atoms with Crippen LogP contribution in [-0.2, 0) is 22.6 Å². The topological polar surface area (TPSA) is 56.1 Å². The lowest BCUT2D eigenvalue weighted by atomic mass is 10.3. The number of fused-ring (bicyclic) bond motifs is 1. The van der Waals surface area contributed by atoms with Crippen LogP contribution in [0.3, 0.4) is 0 Å². The molecule has 1 fully saturated rings. The third-order valence-electron chi connectivity index (χ3n) is 3.77. The van der Waals surface area contributed by atoms with Crippen LogP contribution in [0, 0.1) is 5.92 Å². The van der Waals surface area contributed by atoms with E-state index in [2.05, 4.69) is 20.9 Å². The number of nitrogens with zero attached hydrogens (tertiary/aromatic N) is 2. The summed E-state index contributed by atoms with van der Waals surface area (Å²) in [6, 6.07) is 8.04. The van der Waals surface area contributed by atoms with Crippen LogP contribution in [-0.4, -0.2) is 28.7 Å². The van der Waals surface area contributed by atoms with E-state index in [4.69, 9.17) is 4.74 Å². The normalized spacial score (nSPS) is 14.5. The second-order valence-electron chi connectivity index (χ2n) is 5.36. The zero-order valence-corrected chi connectivity index (χ0v) is 12.3. The highest BCUT2D eigenvalue weighted by atomic mass is 16.5. The fourth-order valence-electron chi connectivity index (χ4n) is 2.47. The SMILES string of the molecule is CCOCCn1c(CNC(=O)C2CC2)nc2ccccc21. The van der Waals surface area contributed by atoms with Crippen molar-refractivity contribution in [1.82, 2.24) is 14.9 Å². The van der Waals surface area contributed by atoms with E-state index in [1.165, 1.54) is 0 Å². The molecule has 21 heavy (non-hydrogen) atoms. The predicted molar refractivity (Wildman–Crippen MR) is 80.8 cm³/mol. The smallest absolute Gasteiger partial charge is 0.223 e. The molecule has 0 aliphatic heterocycles. The van der Waals surface area contributed by atoms with Crippen molar-refractivity contribution in [3.05, 3.63) is 30.1 Å². The van der Waals surface area contributed by atoms with Crippen LogP contribution in [0.15, 0.2) is 24.3 Å². The molecule has 5 heteroatoms. The quantitative estimate of drug-likeness (QED) is 0.793. The van der Waals surface area contributed by atoms with Gasteiger partial charge in [-0.15, -0.1) is 0 Å². The molecular weight excluding hydrogens is 266 g/mol. The van der Waals surface area contributed by atoms with E-state index in [1.54, 1.807) is 0 Å². The minimum absolute atomic E-state index is 0.151. The lowest BCUT2D eigenvalue weighted by Gasteiger charge is -2.10. The van der Waals surface area contributed by atoms with Gasteiger partial charge < -0.3 is 14.6 Å². The molecule has 3 rings (SSSR count). The summed E-state index contributed by atoms with van der Waals surface area (Å²) in [6.45, 7) is 4.59. The van der Waals surface area contributed by atoms with Gasteiger partial charge in [-0.2, -0.15) is 0 Å². The number of rotatable bonds is 7. The number of benzene rings is 1. The number of para-hydroxylation sites is 2. The monoisotopic (exact) mass is 287 g/mol. The van der Waals surface area contributed by atoms with Gasteiger partial charge in [0.2, 0.25) is 5.91 Å². The Kier molecular flexibility index (Phi) is 4.20. The highest BCUT2D eigenvalue weighted by Gasteiger charge is 2.29. The molecule has 1 aromatic heterocycles. The van der Waals surface area contributed by atoms with Crippen molar-refractivity contribution in [3.63, 3.8) is 0 Å². The molecule has 112 valence electrons. The maximum Gasteiger partial charge on any atom is 0.223 e. The van der Waals surface area contributed by atoms with E-state index in [0.29, 0.717) is 19.8 Å². The van der Waals surface area contributed by atoms with Crippen molar-refractivity contribution in [2.45, 2.75) is 32.9 Å². The zero-order chi connectivity index (χ0) is 14.7. The molecule has 1 aliphatic rings. The number of nitrogens with one attached hydrogen (secondary N) is 1. The average Bonchev–Trinajstić information content (AvgIpc) is 3.29. The third kappa shape index (κ3) is 3.24. The molecule has 1 saturated carbocycles. The van der Waals surface area contributed by atoms with E-state index in [9.17, 15) is 4.79 Å². The standard InChI is InChI=1S/C16H21N3O2/c1-2-21-10-9-19-14-6-4-3-5-13(14)18-15(19)11-17-16(20)12-7-8-12/h3-6,12H,2,7-11H2,1H3,(H,17,20). The van der Waals surface area contributed by atoms with Crippen molar-refractivity contribution < 1.29 is 9.53 Å². The number of ether oxygens (including phenoxy) is 1. The first-order valence-corrected chi connectivity index (χ1v) is 7.59. The average molecular weight is 287 g/mol. The van der Waals surface area contributed by atoms with E-state index >= 15 is 0 Å². The van der Waals surface area contributed by atoms with E-state index in [0.717, 1.165) is 36.2 Å². The number of hydrogen-bond donors (Lipinski definition) is 1. The summed E-state index contributed by atoms with van der Waals surface area (Å²) in [6.07, 6.45) is 2.04. The number of aromatic nitrogens is 2. The molecule has 5 nitrogen and oxygen atoms in total. The molecule has 2 aromatic rings. The summed E-state index contributed by atoms with van der Waals surface area (Å²) < 4.78 is 7.59. The Morgan fingerprint density at radius 1 is 1.43 bits per heavy atom. The number of hydrogen-bond acceptors (Lipinski definition) is 3. The minimum Gasteiger partial charge on any atom is -0.380 e. The Balaban J connectivity index is 1.77. The third-order valence-corrected chi connectivity index (χ3v) is 3.77. The van der Waals surface area contributed by atoms with Crippen LogP contribution in [0.4, 0.5) is 0 Å². The van der Waals surface area contributed by atoms with E-state index in [1.807, 2.05) is 25.1 Å². The van der Waals surface area contributed by atoms with Gasteiger partial charge in [-0.05, 0) is 31.9 Å². The maximum atomic E-state index is 11.8. The van der Waals surface area contributed by atoms with Crippen LogP contribution in [0.2, 0.25) is 0 Å². The highest BCUT2D eigenvalue weighted by Crippen LogP contribution is 2.28. The summed E-state index contributed by atoms with van der Waals surface area (Å²) in [5.74, 6) is 1.27. The van der Waals surface area contributed by atoms with Gasteiger partial charge in [-0.25, -0.2) is 4.98 Å². The van der Waals surface area contributed by atoms with Crippen LogP contribution in [0.25, 0.3) is 11.0 Å². The second-order valence-corrected chi connectivity index (χ2v) is 5.36. The summed E-state index contributed by atoms with van der Waals surface area (Å²) in [4.78, 5) is 16.4. The van der Waals surface area contributed by atoms with E-state index < -0.39 is 0 Å². The van der Waals surface area contributed by atoms with Gasteiger partial charge in [0, 0.05) is 19.1 Å². The Labute approximate surface area is 124 Å². The summed E-state index contributed by atoms with van der Waals surface area (Å²) in [5.41, 5.74) is 2.05. The largest absolute Gasteiger partial charge is 0.380 e. The van der Waals surface area contributed by atoms with Crippen molar-refractivity contribution >= 4 is 16.9 Å². The summed E-state index contributed by atoms with van der Waals surface area (Å²) >= 11 is 0. The Morgan fingerprint density at radius 3 is 3.00 bits per heavy atom. The van der Waals surface area contributed by atoms with Crippen molar-refractivity contribution in [2.24, 2.45) is 5.92 Å². The number of carbonyl (C=O) groups is 1. The zero-order valence-electron chi connectivity index (χ0n) is 12.3. The van der Waals surface area contributed by atoms with Gasteiger partial charge in [-0.3, -0.25) is 4.79 Å². The molecule has 0 saturated heterocycles. The number of carbonyl (C=O) groups excluding carboxylic acids is 1. The second kappa shape index (κ2) is 6.26. The molecule has 0 bridgehead atoms. The number of imidazole rings is 1. The highest BCUT2D eigenvalue weighted by molar-refractivity contribution is 5.81. The van der Waals surface area contributed by atoms with Gasteiger partial charge >= 0.3 is 0 Å². The fourth-order valence-corrected chi connectivity index (χ4v) is 2.47. The molecule has 0 unspecified atom stereocenters. The van der Waals surface area contributed by atoms with Crippen LogP contribution in [0.1, 0.15) is 25.6 Å². The molecule has 1 amide bonds. The predicted octanol–water partition coefficient (Wildman–Crippen LogP) is 2.10. The summed E-state index contributed by atoms with van der Waals surface area (Å²) in [7, 11) is 0. The van der Waals surface area contributed by atoms with Gasteiger partial charge in [0.15, 0.2) is 0 Å². The first-order valence-electron chi connectivity index (χ1n) is 7.59. The fraction of sp³-hybridized carbons (Fsp3) is 0.500. The van der Waals surface area contributed by atoms with Crippen LogP contribution in [0.5, 0.6) is 0 Å². The number of amides is 1. The Morgan fingerprint density at radius 2 is 2.24 bits per heavy atom. The van der Waals surface area contributed by atoms with Crippen LogP contribution < -0.4 is 5.32 Å².